The van der Waals surface area contributed by atoms with Crippen LogP contribution in [0.4, 0.5) is 0 Å². The molecule has 1 aromatic carbocycles. The summed E-state index contributed by atoms with van der Waals surface area (Å²) < 4.78 is 5.43. The van der Waals surface area contributed by atoms with Crippen molar-refractivity contribution in [3.63, 3.8) is 0 Å². The van der Waals surface area contributed by atoms with Gasteiger partial charge in [-0.1, -0.05) is 11.6 Å². The minimum Gasteiger partial charge on any atom is -0.492 e. The molecule has 22 heavy (non-hydrogen) atoms. The van der Waals surface area contributed by atoms with Crippen LogP contribution in [0.1, 0.15) is 19.3 Å². The predicted molar refractivity (Wildman–Crippen MR) is 80.5 cm³/mol. The van der Waals surface area contributed by atoms with Crippen LogP contribution < -0.4 is 10.1 Å². The third kappa shape index (κ3) is 4.73. The molecule has 0 saturated carbocycles. The van der Waals surface area contributed by atoms with Crippen LogP contribution in [-0.4, -0.2) is 42.3 Å². The first-order valence-corrected chi connectivity index (χ1v) is 7.42. The Hall–Kier alpha value is -2.08. The number of hydrogen-bond acceptors (Lipinski definition) is 4. The fourth-order valence-corrected chi connectivity index (χ4v) is 2.19. The third-order valence-corrected chi connectivity index (χ3v) is 3.48. The highest BCUT2D eigenvalue weighted by Crippen LogP contribution is 2.15. The van der Waals surface area contributed by atoms with Crippen molar-refractivity contribution >= 4 is 29.3 Å². The molecule has 2 rings (SSSR count). The van der Waals surface area contributed by atoms with Crippen LogP contribution in [0.5, 0.6) is 5.75 Å². The molecule has 0 bridgehead atoms. The van der Waals surface area contributed by atoms with E-state index in [0.29, 0.717) is 23.9 Å². The average Bonchev–Trinajstić information content (AvgIpc) is 2.82. The fourth-order valence-electron chi connectivity index (χ4n) is 2.06. The summed E-state index contributed by atoms with van der Waals surface area (Å²) in [7, 11) is 0. The summed E-state index contributed by atoms with van der Waals surface area (Å²) in [6.45, 7) is 0.819. The number of nitrogens with one attached hydrogen (secondary N) is 1. The largest absolute Gasteiger partial charge is 0.492 e. The van der Waals surface area contributed by atoms with Gasteiger partial charge in [0.25, 0.3) is 0 Å². The highest BCUT2D eigenvalue weighted by Gasteiger charge is 2.28. The molecule has 0 aliphatic carbocycles. The van der Waals surface area contributed by atoms with E-state index in [1.54, 1.807) is 24.3 Å². The van der Waals surface area contributed by atoms with E-state index in [1.807, 2.05) is 0 Å². The second-order valence-corrected chi connectivity index (χ2v) is 5.28. The summed E-state index contributed by atoms with van der Waals surface area (Å²) in [4.78, 5) is 35.5. The normalized spacial score (nSPS) is 14.3. The maximum atomic E-state index is 11.6. The molecule has 1 fully saturated rings. The Balaban J connectivity index is 1.60. The summed E-state index contributed by atoms with van der Waals surface area (Å²) in [5.41, 5.74) is 0. The molecule has 1 N–H and O–H groups in total. The number of halogens is 1. The molecule has 1 aliphatic rings. The van der Waals surface area contributed by atoms with E-state index >= 15 is 0 Å². The van der Waals surface area contributed by atoms with Gasteiger partial charge in [0, 0.05) is 30.8 Å². The Morgan fingerprint density at radius 1 is 1.18 bits per heavy atom. The summed E-state index contributed by atoms with van der Waals surface area (Å²) in [6.07, 6.45) is 0.600. The van der Waals surface area contributed by atoms with Crippen LogP contribution in [0.25, 0.3) is 0 Å². The molecular weight excluding hydrogens is 308 g/mol. The van der Waals surface area contributed by atoms with Gasteiger partial charge in [0.15, 0.2) is 0 Å². The van der Waals surface area contributed by atoms with Crippen molar-refractivity contribution in [2.24, 2.45) is 0 Å². The van der Waals surface area contributed by atoms with Crippen molar-refractivity contribution < 1.29 is 19.1 Å². The Bertz CT molecular complexity index is 543. The molecular formula is C15H17ClN2O4. The van der Waals surface area contributed by atoms with E-state index in [-0.39, 0.29) is 43.5 Å². The second-order valence-electron chi connectivity index (χ2n) is 4.84. The summed E-state index contributed by atoms with van der Waals surface area (Å²) in [6, 6.07) is 6.93. The Labute approximate surface area is 133 Å². The zero-order valence-corrected chi connectivity index (χ0v) is 12.8. The topological polar surface area (TPSA) is 75.7 Å². The zero-order valence-electron chi connectivity index (χ0n) is 12.0. The number of carbonyl (C=O) groups is 3. The number of nitrogens with zero attached hydrogens (tertiary/aromatic N) is 1. The van der Waals surface area contributed by atoms with Gasteiger partial charge in [0.2, 0.25) is 17.7 Å². The van der Waals surface area contributed by atoms with Gasteiger partial charge < -0.3 is 10.1 Å². The van der Waals surface area contributed by atoms with E-state index in [0.717, 1.165) is 4.90 Å². The van der Waals surface area contributed by atoms with Crippen molar-refractivity contribution in [3.8, 4) is 5.75 Å². The standard InChI is InChI=1S/C15H17ClN2O4/c16-11-1-3-12(4-2-11)22-10-8-17-13(19)7-9-18-14(20)5-6-15(18)21/h1-4H,5-10H2,(H,17,19). The highest BCUT2D eigenvalue weighted by molar-refractivity contribution is 6.30. The van der Waals surface area contributed by atoms with Crippen LogP contribution in [0.15, 0.2) is 24.3 Å². The van der Waals surface area contributed by atoms with Crippen LogP contribution in [-0.2, 0) is 14.4 Å². The first-order chi connectivity index (χ1) is 10.6. The third-order valence-electron chi connectivity index (χ3n) is 3.22. The number of imide groups is 1. The van der Waals surface area contributed by atoms with E-state index in [2.05, 4.69) is 5.32 Å². The molecule has 118 valence electrons. The van der Waals surface area contributed by atoms with E-state index in [9.17, 15) is 14.4 Å². The molecule has 0 atom stereocenters. The molecule has 0 unspecified atom stereocenters. The molecule has 0 spiro atoms. The molecule has 1 aliphatic heterocycles. The lowest BCUT2D eigenvalue weighted by Crippen LogP contribution is -2.35. The van der Waals surface area contributed by atoms with Crippen molar-refractivity contribution in [1.29, 1.82) is 0 Å². The first kappa shape index (κ1) is 16.3. The first-order valence-electron chi connectivity index (χ1n) is 7.04. The maximum absolute atomic E-state index is 11.6. The smallest absolute Gasteiger partial charge is 0.229 e. The molecule has 1 aromatic rings. The lowest BCUT2D eigenvalue weighted by molar-refractivity contribution is -0.138. The maximum Gasteiger partial charge on any atom is 0.229 e. The average molecular weight is 325 g/mol. The molecule has 0 radical (unpaired) electrons. The number of ether oxygens (including phenoxy) is 1. The molecule has 1 heterocycles. The molecule has 7 heteroatoms. The van der Waals surface area contributed by atoms with Crippen LogP contribution >= 0.6 is 11.6 Å². The van der Waals surface area contributed by atoms with Crippen molar-refractivity contribution in [3.05, 3.63) is 29.3 Å². The number of carbonyl (C=O) groups excluding carboxylic acids is 3. The van der Waals surface area contributed by atoms with Gasteiger partial charge in [0.1, 0.15) is 12.4 Å². The van der Waals surface area contributed by atoms with Gasteiger partial charge in [0.05, 0.1) is 6.54 Å². The van der Waals surface area contributed by atoms with E-state index in [1.165, 1.54) is 0 Å². The van der Waals surface area contributed by atoms with Crippen LogP contribution in [0, 0.1) is 0 Å². The Morgan fingerprint density at radius 2 is 1.82 bits per heavy atom. The summed E-state index contributed by atoms with van der Waals surface area (Å²) in [5.74, 6) is 0.0480. The second kappa shape index (κ2) is 7.79. The summed E-state index contributed by atoms with van der Waals surface area (Å²) >= 11 is 5.76. The number of amides is 3. The van der Waals surface area contributed by atoms with Gasteiger partial charge in [-0.25, -0.2) is 0 Å². The number of rotatable bonds is 7. The fraction of sp³-hybridized carbons (Fsp3) is 0.400. The highest BCUT2D eigenvalue weighted by atomic mass is 35.5. The van der Waals surface area contributed by atoms with Gasteiger partial charge in [-0.3, -0.25) is 19.3 Å². The predicted octanol–water partition coefficient (Wildman–Crippen LogP) is 1.37. The number of benzene rings is 1. The lowest BCUT2D eigenvalue weighted by atomic mass is 10.3. The lowest BCUT2D eigenvalue weighted by Gasteiger charge is -2.13. The minimum atomic E-state index is -0.216. The Kier molecular flexibility index (Phi) is 5.77. The van der Waals surface area contributed by atoms with Crippen molar-refractivity contribution in [1.82, 2.24) is 10.2 Å². The van der Waals surface area contributed by atoms with E-state index in [4.69, 9.17) is 16.3 Å². The monoisotopic (exact) mass is 324 g/mol. The zero-order chi connectivity index (χ0) is 15.9. The van der Waals surface area contributed by atoms with Crippen molar-refractivity contribution in [2.75, 3.05) is 19.7 Å². The Morgan fingerprint density at radius 3 is 2.45 bits per heavy atom. The quantitative estimate of drug-likeness (QED) is 0.607. The SMILES string of the molecule is O=C(CCN1C(=O)CCC1=O)NCCOc1ccc(Cl)cc1. The van der Waals surface area contributed by atoms with Crippen LogP contribution in [0.3, 0.4) is 0 Å². The van der Waals surface area contributed by atoms with Gasteiger partial charge in [-0.15, -0.1) is 0 Å². The molecule has 1 saturated heterocycles. The molecule has 3 amide bonds. The number of hydrogen-bond donors (Lipinski definition) is 1. The van der Waals surface area contributed by atoms with E-state index < -0.39 is 0 Å². The van der Waals surface area contributed by atoms with Gasteiger partial charge >= 0.3 is 0 Å². The minimum absolute atomic E-state index is 0.110. The van der Waals surface area contributed by atoms with Gasteiger partial charge in [-0.2, -0.15) is 0 Å². The molecule has 0 aromatic heterocycles. The summed E-state index contributed by atoms with van der Waals surface area (Å²) in [5, 5.41) is 3.31. The number of likely N-dealkylation sites (tertiary alicyclic amines) is 1. The van der Waals surface area contributed by atoms with Crippen molar-refractivity contribution in [2.45, 2.75) is 19.3 Å². The van der Waals surface area contributed by atoms with Crippen LogP contribution in [0.2, 0.25) is 5.02 Å². The molecule has 6 nitrogen and oxygen atoms in total. The van der Waals surface area contributed by atoms with Gasteiger partial charge in [-0.05, 0) is 24.3 Å².